The summed E-state index contributed by atoms with van der Waals surface area (Å²) in [7, 11) is 0. The molecule has 3 N–H and O–H groups in total. The summed E-state index contributed by atoms with van der Waals surface area (Å²) >= 11 is 0. The molecule has 0 fully saturated rings. The molecule has 0 saturated heterocycles. The van der Waals surface area contributed by atoms with Crippen molar-refractivity contribution in [1.82, 2.24) is 9.97 Å². The maximum Gasteiger partial charge on any atom is 0.259 e. The number of benzene rings is 2. The van der Waals surface area contributed by atoms with Crippen LogP contribution in [0.15, 0.2) is 53.0 Å². The zero-order valence-electron chi connectivity index (χ0n) is 13.9. The van der Waals surface area contributed by atoms with E-state index in [1.54, 1.807) is 24.3 Å². The fourth-order valence-corrected chi connectivity index (χ4v) is 3.07. The molecule has 1 aromatic heterocycles. The highest BCUT2D eigenvalue weighted by molar-refractivity contribution is 6.30. The van der Waals surface area contributed by atoms with Crippen LogP contribution in [0, 0.1) is 18.2 Å². The number of anilines is 1. The van der Waals surface area contributed by atoms with Crippen LogP contribution in [0.4, 0.5) is 10.1 Å². The van der Waals surface area contributed by atoms with Crippen LogP contribution in [-0.2, 0) is 0 Å². The summed E-state index contributed by atoms with van der Waals surface area (Å²) in [4.78, 5) is 20.7. The van der Waals surface area contributed by atoms with Gasteiger partial charge < -0.3 is 15.0 Å². The SMILES string of the molecule is Cc1ccc2c(=O)[nH]c(C3=C(O)CN(c4ccccc4F)C3=N)nc2c1. The number of aromatic nitrogens is 2. The number of aliphatic hydroxyl groups is 1. The van der Waals surface area contributed by atoms with Crippen LogP contribution in [0.2, 0.25) is 0 Å². The first-order valence-electron chi connectivity index (χ1n) is 8.00. The van der Waals surface area contributed by atoms with Crippen molar-refractivity contribution in [3.8, 4) is 0 Å². The molecule has 0 saturated carbocycles. The lowest BCUT2D eigenvalue weighted by Crippen LogP contribution is -2.27. The van der Waals surface area contributed by atoms with E-state index in [-0.39, 0.29) is 40.8 Å². The lowest BCUT2D eigenvalue weighted by atomic mass is 10.1. The highest BCUT2D eigenvalue weighted by atomic mass is 19.1. The smallest absolute Gasteiger partial charge is 0.259 e. The van der Waals surface area contributed by atoms with Gasteiger partial charge in [-0.1, -0.05) is 18.2 Å². The van der Waals surface area contributed by atoms with E-state index in [9.17, 15) is 14.3 Å². The van der Waals surface area contributed by atoms with Crippen molar-refractivity contribution >= 4 is 28.0 Å². The van der Waals surface area contributed by atoms with E-state index in [1.165, 1.54) is 17.0 Å². The van der Waals surface area contributed by atoms with Crippen LogP contribution in [0.25, 0.3) is 16.5 Å². The summed E-state index contributed by atoms with van der Waals surface area (Å²) in [5.41, 5.74) is 1.32. The standard InChI is InChI=1S/C19H15FN4O2/c1-10-6-7-11-13(8-10)22-18(23-19(11)26)16-15(25)9-24(17(16)21)14-5-3-2-4-12(14)20/h2-8,21,25H,9H2,1H3,(H,22,23,26). The normalized spacial score (nSPS) is 14.5. The van der Waals surface area contributed by atoms with Crippen LogP contribution in [-0.4, -0.2) is 27.5 Å². The van der Waals surface area contributed by atoms with E-state index in [1.807, 2.05) is 13.0 Å². The van der Waals surface area contributed by atoms with Crippen molar-refractivity contribution in [2.75, 3.05) is 11.4 Å². The maximum absolute atomic E-state index is 14.1. The highest BCUT2D eigenvalue weighted by Gasteiger charge is 2.32. The lowest BCUT2D eigenvalue weighted by Gasteiger charge is -2.19. The van der Waals surface area contributed by atoms with Gasteiger partial charge in [-0.3, -0.25) is 10.2 Å². The van der Waals surface area contributed by atoms with Gasteiger partial charge in [0.2, 0.25) is 0 Å². The minimum Gasteiger partial charge on any atom is -0.509 e. The summed E-state index contributed by atoms with van der Waals surface area (Å²) in [6.45, 7) is 1.82. The maximum atomic E-state index is 14.1. The average Bonchev–Trinajstić information content (AvgIpc) is 2.89. The number of rotatable bonds is 2. The van der Waals surface area contributed by atoms with Gasteiger partial charge in [-0.05, 0) is 36.8 Å². The molecule has 0 bridgehead atoms. The fraction of sp³-hybridized carbons (Fsp3) is 0.105. The number of halogens is 1. The molecule has 1 aliphatic heterocycles. The van der Waals surface area contributed by atoms with E-state index in [0.717, 1.165) is 5.56 Å². The zero-order valence-corrected chi connectivity index (χ0v) is 13.9. The molecule has 4 rings (SSSR count). The zero-order chi connectivity index (χ0) is 18.4. The molecule has 6 nitrogen and oxygen atoms in total. The number of hydrogen-bond donors (Lipinski definition) is 3. The van der Waals surface area contributed by atoms with Gasteiger partial charge in [-0.15, -0.1) is 0 Å². The molecule has 130 valence electrons. The van der Waals surface area contributed by atoms with E-state index < -0.39 is 5.82 Å². The number of hydrogen-bond acceptors (Lipinski definition) is 4. The fourth-order valence-electron chi connectivity index (χ4n) is 3.07. The van der Waals surface area contributed by atoms with Gasteiger partial charge in [0.1, 0.15) is 23.2 Å². The predicted octanol–water partition coefficient (Wildman–Crippen LogP) is 3.14. The molecule has 7 heteroatoms. The molecule has 0 spiro atoms. The summed E-state index contributed by atoms with van der Waals surface area (Å²) in [6, 6.07) is 11.3. The molecule has 0 aliphatic carbocycles. The van der Waals surface area contributed by atoms with Crippen molar-refractivity contribution in [1.29, 1.82) is 5.41 Å². The largest absolute Gasteiger partial charge is 0.509 e. The minimum atomic E-state index is -0.498. The number of aryl methyl sites for hydroxylation is 1. The van der Waals surface area contributed by atoms with Crippen LogP contribution in [0.5, 0.6) is 0 Å². The number of fused-ring (bicyclic) bond motifs is 1. The van der Waals surface area contributed by atoms with E-state index in [0.29, 0.717) is 10.9 Å². The monoisotopic (exact) mass is 350 g/mol. The molecular formula is C19H15FN4O2. The quantitative estimate of drug-likeness (QED) is 0.662. The first-order chi connectivity index (χ1) is 12.5. The third-order valence-electron chi connectivity index (χ3n) is 4.35. The van der Waals surface area contributed by atoms with Crippen molar-refractivity contribution in [2.45, 2.75) is 6.92 Å². The first-order valence-corrected chi connectivity index (χ1v) is 8.00. The molecule has 0 radical (unpaired) electrons. The van der Waals surface area contributed by atoms with Gasteiger partial charge in [0.15, 0.2) is 0 Å². The second kappa shape index (κ2) is 5.80. The van der Waals surface area contributed by atoms with Gasteiger partial charge in [0, 0.05) is 0 Å². The summed E-state index contributed by atoms with van der Waals surface area (Å²) in [5, 5.41) is 19.2. The van der Waals surface area contributed by atoms with Crippen LogP contribution >= 0.6 is 0 Å². The Labute approximate surface area is 147 Å². The van der Waals surface area contributed by atoms with Crippen molar-refractivity contribution < 1.29 is 9.50 Å². The molecule has 2 aromatic carbocycles. The molecule has 26 heavy (non-hydrogen) atoms. The number of aromatic amines is 1. The lowest BCUT2D eigenvalue weighted by molar-refractivity contribution is 0.411. The molecular weight excluding hydrogens is 335 g/mol. The Hall–Kier alpha value is -3.48. The molecule has 0 amide bonds. The van der Waals surface area contributed by atoms with Gasteiger partial charge in [0.25, 0.3) is 5.56 Å². The molecule has 0 unspecified atom stereocenters. The molecule has 0 atom stereocenters. The summed E-state index contributed by atoms with van der Waals surface area (Å²) in [6.07, 6.45) is 0. The number of H-pyrrole nitrogens is 1. The van der Waals surface area contributed by atoms with E-state index in [4.69, 9.17) is 5.41 Å². The van der Waals surface area contributed by atoms with Gasteiger partial charge in [-0.2, -0.15) is 0 Å². The predicted molar refractivity (Wildman–Crippen MR) is 98.1 cm³/mol. The number of amidine groups is 1. The Bertz CT molecular complexity index is 1150. The third-order valence-corrected chi connectivity index (χ3v) is 4.35. The first kappa shape index (κ1) is 16.0. The van der Waals surface area contributed by atoms with Crippen molar-refractivity contribution in [2.24, 2.45) is 0 Å². The Kier molecular flexibility index (Phi) is 3.57. The van der Waals surface area contributed by atoms with Crippen LogP contribution < -0.4 is 10.5 Å². The number of nitrogens with zero attached hydrogens (tertiary/aromatic N) is 2. The Morgan fingerprint density at radius 1 is 1.27 bits per heavy atom. The minimum absolute atomic E-state index is 0.0648. The van der Waals surface area contributed by atoms with Gasteiger partial charge >= 0.3 is 0 Å². The second-order valence-corrected chi connectivity index (χ2v) is 6.14. The molecule has 1 aliphatic rings. The molecule has 3 aromatic rings. The second-order valence-electron chi connectivity index (χ2n) is 6.14. The van der Waals surface area contributed by atoms with Crippen LogP contribution in [0.1, 0.15) is 11.4 Å². The Morgan fingerprint density at radius 3 is 2.81 bits per heavy atom. The summed E-state index contributed by atoms with van der Waals surface area (Å²) in [5.74, 6) is -0.674. The number of nitrogens with one attached hydrogen (secondary N) is 2. The third kappa shape index (κ3) is 2.45. The van der Waals surface area contributed by atoms with E-state index in [2.05, 4.69) is 9.97 Å². The van der Waals surface area contributed by atoms with Gasteiger partial charge in [0.05, 0.1) is 28.7 Å². The van der Waals surface area contributed by atoms with Crippen molar-refractivity contribution in [3.63, 3.8) is 0 Å². The Balaban J connectivity index is 1.82. The topological polar surface area (TPSA) is 93.1 Å². The summed E-state index contributed by atoms with van der Waals surface area (Å²) < 4.78 is 14.1. The number of aliphatic hydroxyl groups excluding tert-OH is 1. The van der Waals surface area contributed by atoms with E-state index >= 15 is 0 Å². The molecule has 2 heterocycles. The van der Waals surface area contributed by atoms with Crippen molar-refractivity contribution in [3.05, 3.63) is 75.8 Å². The Morgan fingerprint density at radius 2 is 2.04 bits per heavy atom. The van der Waals surface area contributed by atoms with Gasteiger partial charge in [-0.25, -0.2) is 9.37 Å². The highest BCUT2D eigenvalue weighted by Crippen LogP contribution is 2.31. The number of para-hydroxylation sites is 1. The average molecular weight is 350 g/mol. The van der Waals surface area contributed by atoms with Crippen LogP contribution in [0.3, 0.4) is 0 Å².